The van der Waals surface area contributed by atoms with E-state index in [4.69, 9.17) is 11.6 Å². The molecule has 1 aromatic heterocycles. The lowest BCUT2D eigenvalue weighted by molar-refractivity contribution is 0.479. The predicted molar refractivity (Wildman–Crippen MR) is 58.8 cm³/mol. The van der Waals surface area contributed by atoms with Crippen LogP contribution in [-0.2, 0) is 0 Å². The number of aromatic nitrogens is 1. The van der Waals surface area contributed by atoms with Crippen molar-refractivity contribution in [1.82, 2.24) is 10.3 Å². The molecule has 0 amide bonds. The van der Waals surface area contributed by atoms with Gasteiger partial charge in [0.2, 0.25) is 0 Å². The van der Waals surface area contributed by atoms with Gasteiger partial charge in [-0.2, -0.15) is 0 Å². The molecule has 0 aliphatic carbocycles. The number of anilines is 1. The molecule has 14 heavy (non-hydrogen) atoms. The molecule has 0 radical (unpaired) electrons. The van der Waals surface area contributed by atoms with Gasteiger partial charge in [0.15, 0.2) is 0 Å². The Morgan fingerprint density at radius 2 is 2.50 bits per heavy atom. The first kappa shape index (κ1) is 9.74. The second kappa shape index (κ2) is 4.62. The van der Waals surface area contributed by atoms with Crippen molar-refractivity contribution in [2.24, 2.45) is 0 Å². The first-order valence-electron chi connectivity index (χ1n) is 4.94. The Balaban J connectivity index is 1.99. The van der Waals surface area contributed by atoms with Gasteiger partial charge in [-0.1, -0.05) is 11.6 Å². The molecule has 2 N–H and O–H groups in total. The van der Waals surface area contributed by atoms with Crippen LogP contribution in [0, 0.1) is 0 Å². The van der Waals surface area contributed by atoms with Gasteiger partial charge in [0, 0.05) is 18.8 Å². The zero-order valence-electron chi connectivity index (χ0n) is 7.96. The fraction of sp³-hybridized carbons (Fsp3) is 0.500. The van der Waals surface area contributed by atoms with Crippen LogP contribution in [0.1, 0.15) is 12.8 Å². The topological polar surface area (TPSA) is 37.0 Å². The molecule has 0 spiro atoms. The molecule has 0 aromatic carbocycles. The van der Waals surface area contributed by atoms with Crippen molar-refractivity contribution in [3.63, 3.8) is 0 Å². The van der Waals surface area contributed by atoms with E-state index in [0.717, 1.165) is 18.9 Å². The minimum atomic E-state index is 0.455. The number of hydrogen-bond acceptors (Lipinski definition) is 3. The van der Waals surface area contributed by atoms with Crippen LogP contribution >= 0.6 is 11.6 Å². The normalized spacial score (nSPS) is 21.9. The van der Waals surface area contributed by atoms with E-state index in [9.17, 15) is 0 Å². The second-order valence-corrected chi connectivity index (χ2v) is 3.93. The number of pyridine rings is 1. The van der Waals surface area contributed by atoms with Crippen molar-refractivity contribution >= 4 is 17.4 Å². The van der Waals surface area contributed by atoms with Gasteiger partial charge >= 0.3 is 0 Å². The van der Waals surface area contributed by atoms with E-state index >= 15 is 0 Å². The van der Waals surface area contributed by atoms with Gasteiger partial charge in [0.1, 0.15) is 5.82 Å². The SMILES string of the molecule is Clc1cccnc1N[C@H]1CCCNC1. The van der Waals surface area contributed by atoms with Crippen LogP contribution in [0.4, 0.5) is 5.82 Å². The van der Waals surface area contributed by atoms with Gasteiger partial charge in [0.05, 0.1) is 5.02 Å². The van der Waals surface area contributed by atoms with Crippen LogP contribution in [0.2, 0.25) is 5.02 Å². The van der Waals surface area contributed by atoms with Crippen molar-refractivity contribution in [1.29, 1.82) is 0 Å². The molecule has 3 nitrogen and oxygen atoms in total. The summed E-state index contributed by atoms with van der Waals surface area (Å²) in [7, 11) is 0. The van der Waals surface area contributed by atoms with Crippen molar-refractivity contribution < 1.29 is 0 Å². The number of rotatable bonds is 2. The molecular weight excluding hydrogens is 198 g/mol. The Morgan fingerprint density at radius 1 is 1.57 bits per heavy atom. The van der Waals surface area contributed by atoms with Gasteiger partial charge in [-0.05, 0) is 31.5 Å². The molecule has 76 valence electrons. The maximum absolute atomic E-state index is 6.00. The van der Waals surface area contributed by atoms with E-state index in [2.05, 4.69) is 15.6 Å². The summed E-state index contributed by atoms with van der Waals surface area (Å²) in [6.07, 6.45) is 4.15. The van der Waals surface area contributed by atoms with Crippen LogP contribution in [0.25, 0.3) is 0 Å². The summed E-state index contributed by atoms with van der Waals surface area (Å²) < 4.78 is 0. The maximum atomic E-state index is 6.00. The van der Waals surface area contributed by atoms with Crippen molar-refractivity contribution in [3.05, 3.63) is 23.4 Å². The highest BCUT2D eigenvalue weighted by Gasteiger charge is 2.13. The number of nitrogens with zero attached hydrogens (tertiary/aromatic N) is 1. The van der Waals surface area contributed by atoms with Crippen LogP contribution in [0.5, 0.6) is 0 Å². The lowest BCUT2D eigenvalue weighted by Gasteiger charge is -2.24. The molecule has 2 heterocycles. The quantitative estimate of drug-likeness (QED) is 0.785. The number of halogens is 1. The molecule has 0 bridgehead atoms. The van der Waals surface area contributed by atoms with Crippen molar-refractivity contribution in [2.75, 3.05) is 18.4 Å². The first-order valence-corrected chi connectivity index (χ1v) is 5.32. The zero-order chi connectivity index (χ0) is 9.80. The smallest absolute Gasteiger partial charge is 0.145 e. The van der Waals surface area contributed by atoms with Crippen molar-refractivity contribution in [3.8, 4) is 0 Å². The summed E-state index contributed by atoms with van der Waals surface area (Å²) in [5, 5.41) is 7.38. The second-order valence-electron chi connectivity index (χ2n) is 3.52. The Kier molecular flexibility index (Phi) is 3.22. The van der Waals surface area contributed by atoms with E-state index in [-0.39, 0.29) is 0 Å². The summed E-state index contributed by atoms with van der Waals surface area (Å²) >= 11 is 6.00. The largest absolute Gasteiger partial charge is 0.365 e. The Labute approximate surface area is 88.9 Å². The average molecular weight is 212 g/mol. The lowest BCUT2D eigenvalue weighted by atomic mass is 10.1. The molecule has 1 aromatic rings. The third-order valence-electron chi connectivity index (χ3n) is 2.40. The third kappa shape index (κ3) is 2.36. The lowest BCUT2D eigenvalue weighted by Crippen LogP contribution is -2.38. The molecule has 1 atom stereocenters. The summed E-state index contributed by atoms with van der Waals surface area (Å²) in [4.78, 5) is 4.20. The summed E-state index contributed by atoms with van der Waals surface area (Å²) in [6, 6.07) is 4.15. The summed E-state index contributed by atoms with van der Waals surface area (Å²) in [6.45, 7) is 2.11. The van der Waals surface area contributed by atoms with Crippen LogP contribution in [-0.4, -0.2) is 24.1 Å². The zero-order valence-corrected chi connectivity index (χ0v) is 8.72. The Hall–Kier alpha value is -0.800. The fourth-order valence-corrected chi connectivity index (χ4v) is 1.84. The van der Waals surface area contributed by atoms with E-state index in [1.165, 1.54) is 12.8 Å². The standard InChI is InChI=1S/C10H14ClN3/c11-9-4-2-6-13-10(9)14-8-3-1-5-12-7-8/h2,4,6,8,12H,1,3,5,7H2,(H,13,14)/t8-/m0/s1. The predicted octanol–water partition coefficient (Wildman–Crippen LogP) is 1.90. The molecule has 1 aliphatic heterocycles. The van der Waals surface area contributed by atoms with Gasteiger partial charge in [-0.15, -0.1) is 0 Å². The third-order valence-corrected chi connectivity index (χ3v) is 2.70. The Morgan fingerprint density at radius 3 is 3.21 bits per heavy atom. The molecule has 1 aliphatic rings. The molecule has 4 heteroatoms. The number of piperidine rings is 1. The Bertz CT molecular complexity index is 297. The van der Waals surface area contributed by atoms with E-state index in [1.807, 2.05) is 12.1 Å². The fourth-order valence-electron chi connectivity index (χ4n) is 1.66. The average Bonchev–Trinajstić information content (AvgIpc) is 2.23. The highest BCUT2D eigenvalue weighted by molar-refractivity contribution is 6.32. The first-order chi connectivity index (χ1) is 6.86. The molecular formula is C10H14ClN3. The highest BCUT2D eigenvalue weighted by Crippen LogP contribution is 2.19. The molecule has 1 fully saturated rings. The van der Waals surface area contributed by atoms with Crippen molar-refractivity contribution in [2.45, 2.75) is 18.9 Å². The van der Waals surface area contributed by atoms with Gasteiger partial charge in [-0.3, -0.25) is 0 Å². The minimum absolute atomic E-state index is 0.455. The van der Waals surface area contributed by atoms with E-state index < -0.39 is 0 Å². The van der Waals surface area contributed by atoms with Crippen LogP contribution in [0.15, 0.2) is 18.3 Å². The summed E-state index contributed by atoms with van der Waals surface area (Å²) in [5.74, 6) is 0.794. The van der Waals surface area contributed by atoms with Gasteiger partial charge in [0.25, 0.3) is 0 Å². The molecule has 0 unspecified atom stereocenters. The van der Waals surface area contributed by atoms with E-state index in [0.29, 0.717) is 11.1 Å². The number of hydrogen-bond donors (Lipinski definition) is 2. The van der Waals surface area contributed by atoms with Crippen LogP contribution in [0.3, 0.4) is 0 Å². The van der Waals surface area contributed by atoms with Gasteiger partial charge < -0.3 is 10.6 Å². The molecule has 2 rings (SSSR count). The maximum Gasteiger partial charge on any atom is 0.145 e. The van der Waals surface area contributed by atoms with Crippen LogP contribution < -0.4 is 10.6 Å². The minimum Gasteiger partial charge on any atom is -0.365 e. The molecule has 1 saturated heterocycles. The monoisotopic (exact) mass is 211 g/mol. The molecule has 0 saturated carbocycles. The van der Waals surface area contributed by atoms with Gasteiger partial charge in [-0.25, -0.2) is 4.98 Å². The van der Waals surface area contributed by atoms with E-state index in [1.54, 1.807) is 6.20 Å². The number of nitrogens with one attached hydrogen (secondary N) is 2. The summed E-state index contributed by atoms with van der Waals surface area (Å²) in [5.41, 5.74) is 0. The highest BCUT2D eigenvalue weighted by atomic mass is 35.5.